The van der Waals surface area contributed by atoms with Crippen molar-refractivity contribution in [3.8, 4) is 0 Å². The van der Waals surface area contributed by atoms with Crippen molar-refractivity contribution in [2.45, 2.75) is 64.7 Å². The lowest BCUT2D eigenvalue weighted by molar-refractivity contribution is -0.0563. The molecule has 0 aromatic heterocycles. The van der Waals surface area contributed by atoms with E-state index in [0.717, 1.165) is 0 Å². The molecule has 0 aromatic rings. The van der Waals surface area contributed by atoms with Gasteiger partial charge in [0.1, 0.15) is 5.60 Å². The molecule has 0 atom stereocenters. The molecule has 1 heterocycles. The van der Waals surface area contributed by atoms with Gasteiger partial charge >= 0.3 is 6.09 Å². The number of piperidine rings is 1. The number of carbonyl (C=O) groups excluding carboxylic acids is 1. The minimum absolute atomic E-state index is 0.0816. The summed E-state index contributed by atoms with van der Waals surface area (Å²) in [5.74, 6) is 0. The van der Waals surface area contributed by atoms with Crippen LogP contribution in [0, 0.1) is 0 Å². The van der Waals surface area contributed by atoms with Gasteiger partial charge in [0.25, 0.3) is 0 Å². The molecule has 0 unspecified atom stereocenters. The Morgan fingerprint density at radius 3 is 2.27 bits per heavy atom. The summed E-state index contributed by atoms with van der Waals surface area (Å²) in [6.45, 7) is 11.8. The second-order valence-corrected chi connectivity index (χ2v) is 7.48. The minimum Gasteiger partial charge on any atom is -0.444 e. The summed E-state index contributed by atoms with van der Waals surface area (Å²) in [5, 5.41) is 19.9. The van der Waals surface area contributed by atoms with Crippen LogP contribution in [0.2, 0.25) is 0 Å². The number of amides is 1. The number of rotatable bonds is 5. The van der Waals surface area contributed by atoms with Crippen molar-refractivity contribution in [1.29, 1.82) is 0 Å². The fraction of sp³-hybridized carbons (Fsp3) is 0.938. The zero-order valence-electron chi connectivity index (χ0n) is 14.6. The van der Waals surface area contributed by atoms with Gasteiger partial charge in [-0.3, -0.25) is 4.90 Å². The van der Waals surface area contributed by atoms with Crippen molar-refractivity contribution < 1.29 is 19.7 Å². The normalized spacial score (nSPS) is 18.9. The molecule has 1 amide bonds. The van der Waals surface area contributed by atoms with Crippen molar-refractivity contribution in [3.05, 3.63) is 0 Å². The topological polar surface area (TPSA) is 73.2 Å². The summed E-state index contributed by atoms with van der Waals surface area (Å²) in [6, 6.07) is 0.264. The van der Waals surface area contributed by atoms with Gasteiger partial charge in [-0.1, -0.05) is 0 Å². The zero-order chi connectivity index (χ0) is 17.0. The molecule has 0 saturated carbocycles. The van der Waals surface area contributed by atoms with E-state index in [1.807, 2.05) is 20.8 Å². The van der Waals surface area contributed by atoms with Gasteiger partial charge in [-0.2, -0.15) is 0 Å². The predicted octanol–water partition coefficient (Wildman–Crippen LogP) is 1.45. The lowest BCUT2D eigenvalue weighted by Crippen LogP contribution is -2.54. The van der Waals surface area contributed by atoms with Crippen molar-refractivity contribution in [2.75, 3.05) is 32.8 Å². The van der Waals surface area contributed by atoms with Gasteiger partial charge < -0.3 is 19.8 Å². The van der Waals surface area contributed by atoms with Crippen LogP contribution in [0.3, 0.4) is 0 Å². The Bertz CT molecular complexity index is 358. The summed E-state index contributed by atoms with van der Waals surface area (Å²) in [4.78, 5) is 15.8. The Morgan fingerprint density at radius 2 is 1.86 bits per heavy atom. The zero-order valence-corrected chi connectivity index (χ0v) is 14.6. The van der Waals surface area contributed by atoms with Crippen LogP contribution < -0.4 is 0 Å². The number of hydrogen-bond acceptors (Lipinski definition) is 5. The van der Waals surface area contributed by atoms with Crippen molar-refractivity contribution in [2.24, 2.45) is 0 Å². The van der Waals surface area contributed by atoms with Crippen LogP contribution >= 0.6 is 0 Å². The van der Waals surface area contributed by atoms with Gasteiger partial charge in [0, 0.05) is 32.2 Å². The van der Waals surface area contributed by atoms with E-state index in [9.17, 15) is 9.90 Å². The van der Waals surface area contributed by atoms with E-state index in [4.69, 9.17) is 9.84 Å². The highest BCUT2D eigenvalue weighted by molar-refractivity contribution is 5.68. The second kappa shape index (κ2) is 7.62. The van der Waals surface area contributed by atoms with E-state index in [1.54, 1.807) is 4.90 Å². The average molecular weight is 316 g/mol. The number of aliphatic hydroxyl groups is 2. The maximum Gasteiger partial charge on any atom is 0.410 e. The van der Waals surface area contributed by atoms with E-state index in [-0.39, 0.29) is 18.7 Å². The van der Waals surface area contributed by atoms with Gasteiger partial charge in [-0.15, -0.1) is 0 Å². The molecule has 0 spiro atoms. The second-order valence-electron chi connectivity index (χ2n) is 7.48. The Morgan fingerprint density at radius 1 is 1.32 bits per heavy atom. The van der Waals surface area contributed by atoms with Crippen LogP contribution in [0.1, 0.15) is 47.5 Å². The van der Waals surface area contributed by atoms with Gasteiger partial charge in [-0.25, -0.2) is 4.79 Å². The first-order chi connectivity index (χ1) is 10.1. The van der Waals surface area contributed by atoms with Crippen molar-refractivity contribution in [1.82, 2.24) is 9.80 Å². The molecule has 1 fully saturated rings. The largest absolute Gasteiger partial charge is 0.444 e. The molecule has 0 radical (unpaired) electrons. The highest BCUT2D eigenvalue weighted by atomic mass is 16.6. The highest BCUT2D eigenvalue weighted by Gasteiger charge is 2.37. The molecule has 1 aliphatic heterocycles. The first kappa shape index (κ1) is 19.2. The van der Waals surface area contributed by atoms with E-state index in [0.29, 0.717) is 39.0 Å². The summed E-state index contributed by atoms with van der Waals surface area (Å²) in [5.41, 5.74) is -1.31. The van der Waals surface area contributed by atoms with Gasteiger partial charge in [0.15, 0.2) is 0 Å². The fourth-order valence-corrected chi connectivity index (χ4v) is 2.62. The highest BCUT2D eigenvalue weighted by Crippen LogP contribution is 2.25. The molecule has 6 nitrogen and oxygen atoms in total. The molecule has 130 valence electrons. The van der Waals surface area contributed by atoms with E-state index < -0.39 is 11.2 Å². The fourth-order valence-electron chi connectivity index (χ4n) is 2.62. The number of carbonyl (C=O) groups is 1. The summed E-state index contributed by atoms with van der Waals surface area (Å²) < 4.78 is 5.37. The van der Waals surface area contributed by atoms with Gasteiger partial charge in [0.05, 0.1) is 12.2 Å². The molecule has 1 aliphatic rings. The molecule has 0 aromatic carbocycles. The molecule has 1 saturated heterocycles. The SMILES string of the molecule is CC(C)N(CCO)CC1(O)CCN(C(=O)OC(C)(C)C)CC1. The third-order valence-electron chi connectivity index (χ3n) is 3.96. The van der Waals surface area contributed by atoms with Crippen LogP contribution in [-0.2, 0) is 4.74 Å². The molecule has 2 N–H and O–H groups in total. The lowest BCUT2D eigenvalue weighted by Gasteiger charge is -2.42. The Labute approximate surface area is 134 Å². The monoisotopic (exact) mass is 316 g/mol. The van der Waals surface area contributed by atoms with Crippen LogP contribution in [0.15, 0.2) is 0 Å². The number of hydrogen-bond donors (Lipinski definition) is 2. The smallest absolute Gasteiger partial charge is 0.410 e. The van der Waals surface area contributed by atoms with E-state index in [2.05, 4.69) is 18.7 Å². The van der Waals surface area contributed by atoms with Crippen molar-refractivity contribution in [3.63, 3.8) is 0 Å². The van der Waals surface area contributed by atoms with Crippen molar-refractivity contribution >= 4 is 6.09 Å². The molecule has 0 bridgehead atoms. The van der Waals surface area contributed by atoms with E-state index in [1.165, 1.54) is 0 Å². The Hall–Kier alpha value is -0.850. The number of ether oxygens (including phenoxy) is 1. The summed E-state index contributed by atoms with van der Waals surface area (Å²) in [7, 11) is 0. The van der Waals surface area contributed by atoms with Crippen LogP contribution in [0.5, 0.6) is 0 Å². The summed E-state index contributed by atoms with van der Waals surface area (Å²) in [6.07, 6.45) is 0.743. The molecule has 22 heavy (non-hydrogen) atoms. The number of nitrogens with zero attached hydrogens (tertiary/aromatic N) is 2. The molecule has 1 rings (SSSR count). The van der Waals surface area contributed by atoms with Crippen LogP contribution in [-0.4, -0.2) is 76.1 Å². The Kier molecular flexibility index (Phi) is 6.65. The quantitative estimate of drug-likeness (QED) is 0.803. The number of aliphatic hydroxyl groups excluding tert-OH is 1. The van der Waals surface area contributed by atoms with Gasteiger partial charge in [-0.05, 0) is 47.5 Å². The van der Waals surface area contributed by atoms with E-state index >= 15 is 0 Å². The number of likely N-dealkylation sites (tertiary alicyclic amines) is 1. The third kappa shape index (κ3) is 6.10. The Balaban J connectivity index is 2.53. The predicted molar refractivity (Wildman–Crippen MR) is 85.8 cm³/mol. The maximum atomic E-state index is 12.0. The first-order valence-corrected chi connectivity index (χ1v) is 8.11. The molecular formula is C16H32N2O4. The molecule has 0 aliphatic carbocycles. The standard InChI is InChI=1S/C16H32N2O4/c1-13(2)18(10-11-19)12-16(21)6-8-17(9-7-16)14(20)22-15(3,4)5/h13,19,21H,6-12H2,1-5H3. The first-order valence-electron chi connectivity index (χ1n) is 8.11. The van der Waals surface area contributed by atoms with Gasteiger partial charge in [0.2, 0.25) is 0 Å². The maximum absolute atomic E-state index is 12.0. The lowest BCUT2D eigenvalue weighted by atomic mass is 9.90. The van der Waals surface area contributed by atoms with Crippen LogP contribution in [0.4, 0.5) is 4.79 Å². The molecule has 6 heteroatoms. The molecular weight excluding hydrogens is 284 g/mol. The third-order valence-corrected chi connectivity index (χ3v) is 3.96. The minimum atomic E-state index is -0.808. The average Bonchev–Trinajstić information content (AvgIpc) is 2.36. The van der Waals surface area contributed by atoms with Crippen LogP contribution in [0.25, 0.3) is 0 Å². The summed E-state index contributed by atoms with van der Waals surface area (Å²) >= 11 is 0.